The Morgan fingerprint density at radius 3 is 2.73 bits per heavy atom. The molecule has 2 aromatic carbocycles. The van der Waals surface area contributed by atoms with Crippen molar-refractivity contribution in [1.82, 2.24) is 19.9 Å². The van der Waals surface area contributed by atoms with Crippen molar-refractivity contribution in [3.63, 3.8) is 0 Å². The number of thiazole rings is 1. The zero-order valence-electron chi connectivity index (χ0n) is 22.5. The van der Waals surface area contributed by atoms with Gasteiger partial charge < -0.3 is 10.1 Å². The molecular formula is C29H27ClF3N5O2S. The van der Waals surface area contributed by atoms with Crippen molar-refractivity contribution >= 4 is 45.0 Å². The van der Waals surface area contributed by atoms with Crippen molar-refractivity contribution < 1.29 is 22.7 Å². The fraction of sp³-hybridized carbons (Fsp3) is 0.310. The molecule has 1 aliphatic rings. The van der Waals surface area contributed by atoms with Crippen molar-refractivity contribution in [3.8, 4) is 34.7 Å². The molecule has 1 atom stereocenters. The maximum absolute atomic E-state index is 13.6. The van der Waals surface area contributed by atoms with E-state index in [2.05, 4.69) is 50.9 Å². The highest BCUT2D eigenvalue weighted by Crippen LogP contribution is 2.36. The number of hydrogen-bond donors (Lipinski definition) is 1. The van der Waals surface area contributed by atoms with Gasteiger partial charge in [-0.25, -0.2) is 15.0 Å². The largest absolute Gasteiger partial charge is 0.437 e. The topological polar surface area (TPSA) is 80.2 Å². The number of nitrogens with zero attached hydrogens (tertiary/aromatic N) is 4. The Labute approximate surface area is 245 Å². The number of carbonyl (C=O) groups is 1. The number of alkyl halides is 3. The number of fused-ring (bicyclic) bond motifs is 1. The van der Waals surface area contributed by atoms with E-state index in [0.29, 0.717) is 33.7 Å². The third kappa shape index (κ3) is 6.96. The number of benzene rings is 2. The third-order valence-electron chi connectivity index (χ3n) is 6.48. The first-order chi connectivity index (χ1) is 19.1. The van der Waals surface area contributed by atoms with Crippen molar-refractivity contribution in [2.24, 2.45) is 0 Å². The van der Waals surface area contributed by atoms with E-state index in [4.69, 9.17) is 4.74 Å². The number of ether oxygens (including phenoxy) is 1. The second-order valence-electron chi connectivity index (χ2n) is 9.66. The fourth-order valence-electron chi connectivity index (χ4n) is 4.64. The molecule has 1 saturated heterocycles. The van der Waals surface area contributed by atoms with Gasteiger partial charge in [-0.2, -0.15) is 13.2 Å². The predicted octanol–water partition coefficient (Wildman–Crippen LogP) is 7.17. The summed E-state index contributed by atoms with van der Waals surface area (Å²) in [6.45, 7) is 6.49. The molecule has 0 spiro atoms. The Balaban J connectivity index is 0.00000387. The van der Waals surface area contributed by atoms with Gasteiger partial charge >= 0.3 is 6.18 Å². The van der Waals surface area contributed by atoms with Gasteiger partial charge in [0.25, 0.3) is 0 Å². The first kappa shape index (κ1) is 30.2. The minimum absolute atomic E-state index is 0. The van der Waals surface area contributed by atoms with Crippen LogP contribution in [0, 0.1) is 11.8 Å². The first-order valence-electron chi connectivity index (χ1n) is 12.7. The summed E-state index contributed by atoms with van der Waals surface area (Å²) in [6.07, 6.45) is -1.34. The highest BCUT2D eigenvalue weighted by Gasteiger charge is 2.31. The van der Waals surface area contributed by atoms with E-state index in [9.17, 15) is 18.0 Å². The molecule has 1 aliphatic heterocycles. The van der Waals surface area contributed by atoms with Gasteiger partial charge in [0.1, 0.15) is 11.8 Å². The van der Waals surface area contributed by atoms with Crippen molar-refractivity contribution in [1.29, 1.82) is 0 Å². The van der Waals surface area contributed by atoms with Crippen molar-refractivity contribution in [2.45, 2.75) is 51.9 Å². The zero-order valence-corrected chi connectivity index (χ0v) is 24.1. The van der Waals surface area contributed by atoms with Gasteiger partial charge in [0, 0.05) is 30.2 Å². The summed E-state index contributed by atoms with van der Waals surface area (Å²) in [5, 5.41) is 3.11. The Hall–Kier alpha value is -3.72. The molecule has 41 heavy (non-hydrogen) atoms. The predicted molar refractivity (Wildman–Crippen MR) is 155 cm³/mol. The Bertz CT molecular complexity index is 1630. The molecule has 0 unspecified atom stereocenters. The van der Waals surface area contributed by atoms with E-state index >= 15 is 0 Å². The minimum Gasteiger partial charge on any atom is -0.437 e. The van der Waals surface area contributed by atoms with Crippen LogP contribution in [-0.4, -0.2) is 44.4 Å². The van der Waals surface area contributed by atoms with Crippen molar-refractivity contribution in [3.05, 3.63) is 59.9 Å². The molecule has 1 amide bonds. The number of nitrogens with one attached hydrogen (secondary N) is 1. The summed E-state index contributed by atoms with van der Waals surface area (Å²) >= 11 is 1.31. The number of aromatic nitrogens is 3. The van der Waals surface area contributed by atoms with Crippen molar-refractivity contribution in [2.75, 3.05) is 11.9 Å². The minimum atomic E-state index is -4.51. The molecule has 0 bridgehead atoms. The van der Waals surface area contributed by atoms with Crippen LogP contribution in [0.3, 0.4) is 0 Å². The summed E-state index contributed by atoms with van der Waals surface area (Å²) in [5.41, 5.74) is 0.824. The van der Waals surface area contributed by atoms with Crippen LogP contribution in [0.5, 0.6) is 11.6 Å². The van der Waals surface area contributed by atoms with Crippen LogP contribution >= 0.6 is 23.7 Å². The number of likely N-dealkylation sites (tertiary alicyclic amines) is 1. The van der Waals surface area contributed by atoms with Gasteiger partial charge in [-0.1, -0.05) is 35.3 Å². The first-order valence-corrected chi connectivity index (χ1v) is 13.6. The van der Waals surface area contributed by atoms with Gasteiger partial charge in [0.15, 0.2) is 10.9 Å². The summed E-state index contributed by atoms with van der Waals surface area (Å²) in [4.78, 5) is 26.7. The van der Waals surface area contributed by atoms with Crippen LogP contribution < -0.4 is 10.1 Å². The van der Waals surface area contributed by atoms with Crippen LogP contribution in [0.1, 0.15) is 44.7 Å². The Kier molecular flexibility index (Phi) is 9.17. The maximum atomic E-state index is 13.6. The number of rotatable bonds is 5. The highest BCUT2D eigenvalue weighted by molar-refractivity contribution is 7.22. The molecule has 214 valence electrons. The number of anilines is 1. The summed E-state index contributed by atoms with van der Waals surface area (Å²) in [6, 6.07) is 10.7. The lowest BCUT2D eigenvalue weighted by Gasteiger charge is -2.24. The van der Waals surface area contributed by atoms with Gasteiger partial charge in [-0.05, 0) is 57.5 Å². The van der Waals surface area contributed by atoms with Gasteiger partial charge in [-0.3, -0.25) is 9.69 Å². The number of carbonyl (C=O) groups excluding carboxylic acids is 1. The highest BCUT2D eigenvalue weighted by atomic mass is 35.5. The standard InChI is InChI=1S/C29H26F3N5O2S.ClH/c1-17(2)37-13-5-6-21(37)11-9-19-14-20(29(30,31)32)10-12-22(19)23-15-26(34-16-33-23)39-24-7-4-8-25-27(24)36-28(40-25)35-18(3)38;/h4,7-8,10,12,14-17,21H,5-6,13H2,1-3H3,(H,35,36,38);1H/t21-;/m0./s1. The molecule has 5 rings (SSSR count). The molecule has 1 N–H and O–H groups in total. The molecule has 3 heterocycles. The van der Waals surface area contributed by atoms with E-state index in [0.717, 1.165) is 36.2 Å². The molecule has 7 nitrogen and oxygen atoms in total. The normalized spacial score (nSPS) is 15.3. The van der Waals surface area contributed by atoms with Gasteiger partial charge in [-0.15, -0.1) is 12.4 Å². The molecule has 1 fully saturated rings. The second-order valence-corrected chi connectivity index (χ2v) is 10.7. The summed E-state index contributed by atoms with van der Waals surface area (Å²) in [5.74, 6) is 6.60. The smallest absolute Gasteiger partial charge is 0.416 e. The maximum Gasteiger partial charge on any atom is 0.416 e. The van der Waals surface area contributed by atoms with Crippen LogP contribution in [0.15, 0.2) is 48.8 Å². The molecule has 0 aliphatic carbocycles. The van der Waals surface area contributed by atoms with Gasteiger partial charge in [0.05, 0.1) is 22.0 Å². The molecule has 2 aromatic heterocycles. The van der Waals surface area contributed by atoms with Crippen LogP contribution in [-0.2, 0) is 11.0 Å². The monoisotopic (exact) mass is 601 g/mol. The lowest BCUT2D eigenvalue weighted by Crippen LogP contribution is -2.34. The SMILES string of the molecule is CC(=O)Nc1nc2c(Oc3cc(-c4ccc(C(F)(F)F)cc4C#C[C@@H]4CCCN4C(C)C)ncn3)cccc2s1.Cl. The lowest BCUT2D eigenvalue weighted by atomic mass is 10.0. The van der Waals surface area contributed by atoms with E-state index < -0.39 is 11.7 Å². The quantitative estimate of drug-likeness (QED) is 0.244. The fourth-order valence-corrected chi connectivity index (χ4v) is 5.56. The molecule has 0 radical (unpaired) electrons. The molecular weight excluding hydrogens is 575 g/mol. The summed E-state index contributed by atoms with van der Waals surface area (Å²) < 4.78 is 47.6. The average Bonchev–Trinajstić information content (AvgIpc) is 3.54. The average molecular weight is 602 g/mol. The molecule has 0 saturated carbocycles. The third-order valence-corrected chi connectivity index (χ3v) is 7.41. The number of para-hydroxylation sites is 1. The number of halogens is 4. The van der Waals surface area contributed by atoms with E-state index in [1.54, 1.807) is 18.2 Å². The Morgan fingerprint density at radius 1 is 1.20 bits per heavy atom. The second kappa shape index (κ2) is 12.4. The lowest BCUT2D eigenvalue weighted by molar-refractivity contribution is -0.137. The van der Waals surface area contributed by atoms with E-state index in [-0.39, 0.29) is 35.8 Å². The van der Waals surface area contributed by atoms with E-state index in [1.807, 2.05) is 6.07 Å². The Morgan fingerprint density at radius 2 is 2.00 bits per heavy atom. The van der Waals surface area contributed by atoms with Gasteiger partial charge in [0.2, 0.25) is 11.8 Å². The van der Waals surface area contributed by atoms with Crippen LogP contribution in [0.2, 0.25) is 0 Å². The zero-order chi connectivity index (χ0) is 28.4. The van der Waals surface area contributed by atoms with Crippen LogP contribution in [0.25, 0.3) is 21.5 Å². The molecule has 12 heteroatoms. The summed E-state index contributed by atoms with van der Waals surface area (Å²) in [7, 11) is 0. The number of hydrogen-bond acceptors (Lipinski definition) is 7. The number of amides is 1. The molecule has 4 aromatic rings. The van der Waals surface area contributed by atoms with E-state index in [1.165, 1.54) is 30.7 Å². The van der Waals surface area contributed by atoms with Crippen LogP contribution in [0.4, 0.5) is 18.3 Å².